The summed E-state index contributed by atoms with van der Waals surface area (Å²) in [5.41, 5.74) is 2.93. The van der Waals surface area contributed by atoms with Crippen LogP contribution < -0.4 is 5.32 Å². The van der Waals surface area contributed by atoms with E-state index in [1.807, 2.05) is 24.3 Å². The summed E-state index contributed by atoms with van der Waals surface area (Å²) >= 11 is 0. The van der Waals surface area contributed by atoms with Gasteiger partial charge < -0.3 is 5.32 Å². The van der Waals surface area contributed by atoms with Crippen LogP contribution in [0.1, 0.15) is 24.8 Å². The van der Waals surface area contributed by atoms with E-state index in [2.05, 4.69) is 27.4 Å². The van der Waals surface area contributed by atoms with Crippen molar-refractivity contribution >= 4 is 5.91 Å². The molecule has 3 rings (SSSR count). The summed E-state index contributed by atoms with van der Waals surface area (Å²) in [6.07, 6.45) is 12.3. The van der Waals surface area contributed by atoms with Crippen molar-refractivity contribution in [3.8, 4) is 11.3 Å². The van der Waals surface area contributed by atoms with Gasteiger partial charge in [0, 0.05) is 36.6 Å². The van der Waals surface area contributed by atoms with Crippen LogP contribution in [0.2, 0.25) is 0 Å². The van der Waals surface area contributed by atoms with Gasteiger partial charge in [0.05, 0.1) is 5.69 Å². The van der Waals surface area contributed by atoms with Gasteiger partial charge in [0.2, 0.25) is 5.91 Å². The fraction of sp³-hybridized carbons (Fsp3) is 0.278. The summed E-state index contributed by atoms with van der Waals surface area (Å²) in [6, 6.07) is 7.76. The van der Waals surface area contributed by atoms with Crippen molar-refractivity contribution in [1.29, 1.82) is 0 Å². The lowest BCUT2D eigenvalue weighted by Gasteiger charge is -2.17. The molecule has 0 radical (unpaired) electrons. The fourth-order valence-corrected chi connectivity index (χ4v) is 2.71. The number of carbonyl (C=O) groups excluding carboxylic acids is 1. The van der Waals surface area contributed by atoms with Gasteiger partial charge in [-0.15, -0.1) is 0 Å². The molecule has 4 nitrogen and oxygen atoms in total. The number of amides is 1. The van der Waals surface area contributed by atoms with Crippen LogP contribution in [0.5, 0.6) is 0 Å². The first-order valence-electron chi connectivity index (χ1n) is 7.61. The lowest BCUT2D eigenvalue weighted by atomic mass is 9.93. The number of nitrogens with one attached hydrogen (secondary N) is 1. The number of rotatable bonds is 4. The second kappa shape index (κ2) is 6.98. The van der Waals surface area contributed by atoms with Crippen LogP contribution in [-0.2, 0) is 11.3 Å². The molecule has 4 heteroatoms. The topological polar surface area (TPSA) is 54.9 Å². The molecule has 0 fully saturated rings. The average Bonchev–Trinajstić information content (AvgIpc) is 2.61. The number of hydrogen-bond donors (Lipinski definition) is 1. The van der Waals surface area contributed by atoms with Gasteiger partial charge in [-0.3, -0.25) is 14.8 Å². The molecular formula is C18H19N3O. The zero-order valence-corrected chi connectivity index (χ0v) is 12.4. The highest BCUT2D eigenvalue weighted by molar-refractivity contribution is 5.79. The van der Waals surface area contributed by atoms with E-state index in [1.54, 1.807) is 18.6 Å². The first-order valence-corrected chi connectivity index (χ1v) is 7.61. The summed E-state index contributed by atoms with van der Waals surface area (Å²) in [6.45, 7) is 0.505. The number of pyridine rings is 2. The van der Waals surface area contributed by atoms with Gasteiger partial charge in [-0.05, 0) is 43.0 Å². The maximum absolute atomic E-state index is 12.2. The molecule has 1 aliphatic carbocycles. The van der Waals surface area contributed by atoms with Crippen LogP contribution in [0.4, 0.5) is 0 Å². The predicted octanol–water partition coefficient (Wildman–Crippen LogP) is 3.12. The van der Waals surface area contributed by atoms with Crippen molar-refractivity contribution in [2.75, 3.05) is 0 Å². The second-order valence-corrected chi connectivity index (χ2v) is 5.45. The molecule has 1 amide bonds. The largest absolute Gasteiger partial charge is 0.352 e. The van der Waals surface area contributed by atoms with Crippen LogP contribution in [-0.4, -0.2) is 15.9 Å². The number of allylic oxidation sites excluding steroid dienone is 2. The molecule has 2 heterocycles. The standard InChI is InChI=1S/C18H19N3O/c22-18(15-5-2-1-3-6-15)21-13-16-7-4-10-20-17(16)14-8-11-19-12-9-14/h1-2,4,7-12,15H,3,5-6,13H2,(H,21,22)/t15-/m1/s1. The Labute approximate surface area is 130 Å². The van der Waals surface area contributed by atoms with Gasteiger partial charge in [-0.1, -0.05) is 18.2 Å². The summed E-state index contributed by atoms with van der Waals surface area (Å²) < 4.78 is 0. The quantitative estimate of drug-likeness (QED) is 0.881. The molecule has 0 spiro atoms. The fourth-order valence-electron chi connectivity index (χ4n) is 2.71. The van der Waals surface area contributed by atoms with E-state index >= 15 is 0 Å². The SMILES string of the molecule is O=C(NCc1cccnc1-c1ccncc1)[C@@H]1CC=CCC1. The van der Waals surface area contributed by atoms with Crippen LogP contribution in [0.15, 0.2) is 55.0 Å². The van der Waals surface area contributed by atoms with Crippen molar-refractivity contribution in [3.05, 3.63) is 60.6 Å². The molecule has 1 aliphatic rings. The second-order valence-electron chi connectivity index (χ2n) is 5.45. The highest BCUT2D eigenvalue weighted by Gasteiger charge is 2.18. The van der Waals surface area contributed by atoms with Crippen molar-refractivity contribution in [1.82, 2.24) is 15.3 Å². The number of carbonyl (C=O) groups is 1. The Morgan fingerprint density at radius 3 is 2.82 bits per heavy atom. The number of nitrogens with zero attached hydrogens (tertiary/aromatic N) is 2. The van der Waals surface area contributed by atoms with Gasteiger partial charge in [-0.2, -0.15) is 0 Å². The van der Waals surface area contributed by atoms with Gasteiger partial charge in [0.25, 0.3) is 0 Å². The Morgan fingerprint density at radius 1 is 1.18 bits per heavy atom. The maximum Gasteiger partial charge on any atom is 0.223 e. The molecule has 112 valence electrons. The average molecular weight is 293 g/mol. The number of aromatic nitrogens is 2. The molecule has 1 N–H and O–H groups in total. The van der Waals surface area contributed by atoms with Gasteiger partial charge in [-0.25, -0.2) is 0 Å². The molecule has 0 aliphatic heterocycles. The normalized spacial score (nSPS) is 17.2. The lowest BCUT2D eigenvalue weighted by Crippen LogP contribution is -2.30. The zero-order valence-electron chi connectivity index (χ0n) is 12.4. The number of hydrogen-bond acceptors (Lipinski definition) is 3. The molecular weight excluding hydrogens is 274 g/mol. The summed E-state index contributed by atoms with van der Waals surface area (Å²) in [5, 5.41) is 3.05. The van der Waals surface area contributed by atoms with Crippen molar-refractivity contribution in [2.24, 2.45) is 5.92 Å². The van der Waals surface area contributed by atoms with E-state index in [9.17, 15) is 4.79 Å². The molecule has 0 aromatic carbocycles. The molecule has 0 saturated carbocycles. The van der Waals surface area contributed by atoms with E-state index < -0.39 is 0 Å². The molecule has 0 bridgehead atoms. The third-order valence-corrected chi connectivity index (χ3v) is 3.94. The van der Waals surface area contributed by atoms with E-state index in [0.717, 1.165) is 36.1 Å². The Bertz CT molecular complexity index is 667. The van der Waals surface area contributed by atoms with Crippen LogP contribution >= 0.6 is 0 Å². The van der Waals surface area contributed by atoms with Crippen molar-refractivity contribution in [2.45, 2.75) is 25.8 Å². The van der Waals surface area contributed by atoms with E-state index in [0.29, 0.717) is 6.54 Å². The maximum atomic E-state index is 12.2. The first kappa shape index (κ1) is 14.4. The van der Waals surface area contributed by atoms with Crippen LogP contribution in [0.25, 0.3) is 11.3 Å². The third-order valence-electron chi connectivity index (χ3n) is 3.94. The Morgan fingerprint density at radius 2 is 2.05 bits per heavy atom. The zero-order chi connectivity index (χ0) is 15.2. The molecule has 0 saturated heterocycles. The molecule has 0 unspecified atom stereocenters. The first-order chi connectivity index (χ1) is 10.8. The Balaban J connectivity index is 1.70. The summed E-state index contributed by atoms with van der Waals surface area (Å²) in [4.78, 5) is 20.7. The smallest absolute Gasteiger partial charge is 0.223 e. The Kier molecular flexibility index (Phi) is 4.59. The van der Waals surface area contributed by atoms with Crippen molar-refractivity contribution in [3.63, 3.8) is 0 Å². The minimum absolute atomic E-state index is 0.103. The summed E-state index contributed by atoms with van der Waals surface area (Å²) in [7, 11) is 0. The minimum atomic E-state index is 0.103. The minimum Gasteiger partial charge on any atom is -0.352 e. The highest BCUT2D eigenvalue weighted by Crippen LogP contribution is 2.21. The molecule has 22 heavy (non-hydrogen) atoms. The highest BCUT2D eigenvalue weighted by atomic mass is 16.1. The van der Waals surface area contributed by atoms with Crippen molar-refractivity contribution < 1.29 is 4.79 Å². The van der Waals surface area contributed by atoms with Gasteiger partial charge in [0.1, 0.15) is 0 Å². The van der Waals surface area contributed by atoms with Crippen LogP contribution in [0, 0.1) is 5.92 Å². The monoisotopic (exact) mass is 293 g/mol. The van der Waals surface area contributed by atoms with E-state index in [1.165, 1.54) is 0 Å². The molecule has 1 atom stereocenters. The third kappa shape index (κ3) is 3.39. The van der Waals surface area contributed by atoms with Crippen LogP contribution in [0.3, 0.4) is 0 Å². The summed E-state index contributed by atoms with van der Waals surface area (Å²) in [5.74, 6) is 0.236. The Hall–Kier alpha value is -2.49. The predicted molar refractivity (Wildman–Crippen MR) is 85.8 cm³/mol. The molecule has 2 aromatic rings. The van der Waals surface area contributed by atoms with E-state index in [-0.39, 0.29) is 11.8 Å². The lowest BCUT2D eigenvalue weighted by molar-refractivity contribution is -0.125. The van der Waals surface area contributed by atoms with Gasteiger partial charge in [0.15, 0.2) is 0 Å². The van der Waals surface area contributed by atoms with Gasteiger partial charge >= 0.3 is 0 Å². The molecule has 2 aromatic heterocycles. The van der Waals surface area contributed by atoms with E-state index in [4.69, 9.17) is 0 Å².